The number of rotatable bonds is 3. The van der Waals surface area contributed by atoms with Gasteiger partial charge in [0.25, 0.3) is 0 Å². The minimum absolute atomic E-state index is 0.0267. The lowest BCUT2D eigenvalue weighted by atomic mass is 9.98. The Hall–Kier alpha value is -1.64. The molecule has 1 unspecified atom stereocenters. The Balaban J connectivity index is 2.53. The van der Waals surface area contributed by atoms with Crippen molar-refractivity contribution in [2.24, 2.45) is 0 Å². The number of ether oxygens (including phenoxy) is 1. The van der Waals surface area contributed by atoms with Gasteiger partial charge in [-0.1, -0.05) is 37.3 Å². The SMILES string of the molecule is CC(=O)OC(=N)CC(C)c1ccccc1. The first kappa shape index (κ1) is 11.4. The first-order valence-electron chi connectivity index (χ1n) is 4.90. The highest BCUT2D eigenvalue weighted by Gasteiger charge is 2.10. The Kier molecular flexibility index (Phi) is 4.03. The third kappa shape index (κ3) is 3.94. The van der Waals surface area contributed by atoms with Crippen LogP contribution in [-0.4, -0.2) is 11.9 Å². The second kappa shape index (κ2) is 5.29. The summed E-state index contributed by atoms with van der Waals surface area (Å²) in [6.07, 6.45) is 0.448. The molecule has 3 heteroatoms. The monoisotopic (exact) mass is 205 g/mol. The van der Waals surface area contributed by atoms with E-state index in [1.54, 1.807) is 0 Å². The lowest BCUT2D eigenvalue weighted by Gasteiger charge is -2.11. The predicted octanol–water partition coefficient (Wildman–Crippen LogP) is 2.72. The molecule has 0 aromatic heterocycles. The van der Waals surface area contributed by atoms with Crippen molar-refractivity contribution in [2.75, 3.05) is 0 Å². The largest absolute Gasteiger partial charge is 0.412 e. The van der Waals surface area contributed by atoms with Crippen molar-refractivity contribution in [3.05, 3.63) is 35.9 Å². The molecule has 80 valence electrons. The van der Waals surface area contributed by atoms with E-state index in [1.807, 2.05) is 37.3 Å². The molecule has 0 amide bonds. The van der Waals surface area contributed by atoms with Crippen molar-refractivity contribution in [3.8, 4) is 0 Å². The highest BCUT2D eigenvalue weighted by Crippen LogP contribution is 2.18. The van der Waals surface area contributed by atoms with Crippen molar-refractivity contribution < 1.29 is 9.53 Å². The number of nitrogens with one attached hydrogen (secondary N) is 1. The molecular formula is C12H15NO2. The Labute approximate surface area is 89.6 Å². The van der Waals surface area contributed by atoms with Gasteiger partial charge in [-0.25, -0.2) is 0 Å². The molecule has 0 fully saturated rings. The highest BCUT2D eigenvalue weighted by atomic mass is 16.5. The van der Waals surface area contributed by atoms with Gasteiger partial charge < -0.3 is 4.74 Å². The van der Waals surface area contributed by atoms with Crippen LogP contribution < -0.4 is 0 Å². The van der Waals surface area contributed by atoms with Crippen LogP contribution in [0.3, 0.4) is 0 Å². The van der Waals surface area contributed by atoms with Crippen LogP contribution in [0.15, 0.2) is 30.3 Å². The zero-order valence-electron chi connectivity index (χ0n) is 8.99. The number of hydrogen-bond acceptors (Lipinski definition) is 3. The smallest absolute Gasteiger partial charge is 0.309 e. The van der Waals surface area contributed by atoms with Crippen LogP contribution in [0, 0.1) is 5.41 Å². The first-order chi connectivity index (χ1) is 7.09. The number of carbonyl (C=O) groups excluding carboxylic acids is 1. The van der Waals surface area contributed by atoms with E-state index in [9.17, 15) is 4.79 Å². The Morgan fingerprint density at radius 2 is 2.00 bits per heavy atom. The van der Waals surface area contributed by atoms with Gasteiger partial charge in [-0.3, -0.25) is 10.2 Å². The van der Waals surface area contributed by atoms with E-state index in [4.69, 9.17) is 5.41 Å². The first-order valence-corrected chi connectivity index (χ1v) is 4.90. The molecule has 3 nitrogen and oxygen atoms in total. The maximum Gasteiger partial charge on any atom is 0.309 e. The van der Waals surface area contributed by atoms with Crippen LogP contribution in [-0.2, 0) is 9.53 Å². The second-order valence-corrected chi connectivity index (χ2v) is 3.53. The number of esters is 1. The minimum Gasteiger partial charge on any atom is -0.412 e. The van der Waals surface area contributed by atoms with E-state index in [1.165, 1.54) is 6.92 Å². The predicted molar refractivity (Wildman–Crippen MR) is 59.0 cm³/mol. The van der Waals surface area contributed by atoms with Gasteiger partial charge in [0.15, 0.2) is 5.90 Å². The molecule has 0 bridgehead atoms. The summed E-state index contributed by atoms with van der Waals surface area (Å²) < 4.78 is 4.69. The fourth-order valence-corrected chi connectivity index (χ4v) is 1.39. The Morgan fingerprint density at radius 3 is 2.53 bits per heavy atom. The zero-order chi connectivity index (χ0) is 11.3. The normalized spacial score (nSPS) is 11.9. The minimum atomic E-state index is -0.430. The molecule has 0 aliphatic heterocycles. The molecule has 1 N–H and O–H groups in total. The fraction of sp³-hybridized carbons (Fsp3) is 0.333. The molecule has 0 saturated heterocycles. The van der Waals surface area contributed by atoms with Crippen LogP contribution in [0.5, 0.6) is 0 Å². The number of benzene rings is 1. The summed E-state index contributed by atoms with van der Waals surface area (Å²) in [6.45, 7) is 3.31. The van der Waals surface area contributed by atoms with Gasteiger partial charge in [-0.15, -0.1) is 0 Å². The van der Waals surface area contributed by atoms with E-state index >= 15 is 0 Å². The van der Waals surface area contributed by atoms with Gasteiger partial charge in [0.05, 0.1) is 0 Å². The van der Waals surface area contributed by atoms with E-state index in [-0.39, 0.29) is 11.8 Å². The van der Waals surface area contributed by atoms with Crippen LogP contribution in [0.4, 0.5) is 0 Å². The van der Waals surface area contributed by atoms with E-state index in [2.05, 4.69) is 4.74 Å². The Morgan fingerprint density at radius 1 is 1.40 bits per heavy atom. The van der Waals surface area contributed by atoms with Crippen molar-refractivity contribution in [3.63, 3.8) is 0 Å². The third-order valence-corrected chi connectivity index (χ3v) is 2.13. The van der Waals surface area contributed by atoms with Gasteiger partial charge in [-0.2, -0.15) is 0 Å². The Bertz CT molecular complexity index is 346. The average molecular weight is 205 g/mol. The molecule has 1 atom stereocenters. The molecule has 0 aliphatic carbocycles. The van der Waals surface area contributed by atoms with E-state index < -0.39 is 5.97 Å². The van der Waals surface area contributed by atoms with Crippen molar-refractivity contribution in [1.82, 2.24) is 0 Å². The topological polar surface area (TPSA) is 50.2 Å². The average Bonchev–Trinajstić information content (AvgIpc) is 2.17. The second-order valence-electron chi connectivity index (χ2n) is 3.53. The number of hydrogen-bond donors (Lipinski definition) is 1. The summed E-state index contributed by atoms with van der Waals surface area (Å²) in [5, 5.41) is 7.46. The summed E-state index contributed by atoms with van der Waals surface area (Å²) >= 11 is 0. The van der Waals surface area contributed by atoms with Crippen LogP contribution >= 0.6 is 0 Å². The lowest BCUT2D eigenvalue weighted by Crippen LogP contribution is -2.11. The van der Waals surface area contributed by atoms with Crippen molar-refractivity contribution >= 4 is 11.9 Å². The summed E-state index contributed by atoms with van der Waals surface area (Å²) in [7, 11) is 0. The molecule has 1 aromatic rings. The maximum absolute atomic E-state index is 10.6. The molecule has 1 aromatic carbocycles. The van der Waals surface area contributed by atoms with Gasteiger partial charge in [0.2, 0.25) is 0 Å². The summed E-state index contributed by atoms with van der Waals surface area (Å²) in [6, 6.07) is 9.88. The molecule has 0 spiro atoms. The maximum atomic E-state index is 10.6. The van der Waals surface area contributed by atoms with Gasteiger partial charge in [0.1, 0.15) is 0 Å². The van der Waals surface area contributed by atoms with Gasteiger partial charge >= 0.3 is 5.97 Å². The lowest BCUT2D eigenvalue weighted by molar-refractivity contribution is -0.133. The standard InChI is InChI=1S/C12H15NO2/c1-9(8-12(13)15-10(2)14)11-6-4-3-5-7-11/h3-7,9,13H,8H2,1-2H3. The fourth-order valence-electron chi connectivity index (χ4n) is 1.39. The van der Waals surface area contributed by atoms with E-state index in [0.29, 0.717) is 6.42 Å². The van der Waals surface area contributed by atoms with Crippen LogP contribution in [0.1, 0.15) is 31.7 Å². The molecule has 1 rings (SSSR count). The van der Waals surface area contributed by atoms with E-state index in [0.717, 1.165) is 5.56 Å². The van der Waals surface area contributed by atoms with Crippen LogP contribution in [0.25, 0.3) is 0 Å². The summed E-state index contributed by atoms with van der Waals surface area (Å²) in [5.74, 6) is -0.211. The number of carbonyl (C=O) groups is 1. The molecule has 15 heavy (non-hydrogen) atoms. The molecule has 0 saturated carbocycles. The van der Waals surface area contributed by atoms with Crippen molar-refractivity contribution in [1.29, 1.82) is 5.41 Å². The zero-order valence-corrected chi connectivity index (χ0v) is 8.99. The highest BCUT2D eigenvalue weighted by molar-refractivity contribution is 5.86. The quantitative estimate of drug-likeness (QED) is 0.468. The van der Waals surface area contributed by atoms with Gasteiger partial charge in [0, 0.05) is 13.3 Å². The van der Waals surface area contributed by atoms with Crippen molar-refractivity contribution in [2.45, 2.75) is 26.2 Å². The molecular weight excluding hydrogens is 190 g/mol. The summed E-state index contributed by atoms with van der Waals surface area (Å²) in [4.78, 5) is 10.6. The molecule has 0 radical (unpaired) electrons. The third-order valence-electron chi connectivity index (χ3n) is 2.13. The van der Waals surface area contributed by atoms with Crippen LogP contribution in [0.2, 0.25) is 0 Å². The molecule has 0 aliphatic rings. The molecule has 0 heterocycles. The van der Waals surface area contributed by atoms with Gasteiger partial charge in [-0.05, 0) is 11.5 Å². The summed E-state index contributed by atoms with van der Waals surface area (Å²) in [5.41, 5.74) is 1.15.